The van der Waals surface area contributed by atoms with Gasteiger partial charge in [-0.1, -0.05) is 30.3 Å². The van der Waals surface area contributed by atoms with E-state index in [1.165, 1.54) is 0 Å². The van der Waals surface area contributed by atoms with Crippen LogP contribution in [0.1, 0.15) is 16.8 Å². The molecule has 3 nitrogen and oxygen atoms in total. The van der Waals surface area contributed by atoms with Crippen LogP contribution in [-0.4, -0.2) is 17.6 Å². The van der Waals surface area contributed by atoms with E-state index in [9.17, 15) is 4.79 Å². The minimum Gasteiger partial charge on any atom is -0.478 e. The van der Waals surface area contributed by atoms with E-state index in [1.807, 2.05) is 36.4 Å². The highest BCUT2D eigenvalue weighted by Crippen LogP contribution is 2.26. The maximum atomic E-state index is 11.2. The molecule has 0 aliphatic heterocycles. The molecule has 2 N–H and O–H groups in total. The van der Waals surface area contributed by atoms with E-state index in [2.05, 4.69) is 11.9 Å². The van der Waals surface area contributed by atoms with E-state index in [4.69, 9.17) is 5.11 Å². The Bertz CT molecular complexity index is 590. The molecule has 0 heterocycles. The Morgan fingerprint density at radius 1 is 1.22 bits per heavy atom. The summed E-state index contributed by atoms with van der Waals surface area (Å²) >= 11 is 0. The number of anilines is 1. The normalized spacial score (nSPS) is 10.2. The molecule has 0 amide bonds. The second-order valence-corrected chi connectivity index (χ2v) is 4.02. The van der Waals surface area contributed by atoms with Crippen molar-refractivity contribution in [2.75, 3.05) is 11.9 Å². The first-order chi connectivity index (χ1) is 8.74. The van der Waals surface area contributed by atoms with Crippen molar-refractivity contribution >= 4 is 22.4 Å². The van der Waals surface area contributed by atoms with Crippen LogP contribution in [0.15, 0.2) is 49.1 Å². The maximum Gasteiger partial charge on any atom is 0.336 e. The quantitative estimate of drug-likeness (QED) is 0.622. The Hall–Kier alpha value is -2.29. The monoisotopic (exact) mass is 241 g/mol. The summed E-state index contributed by atoms with van der Waals surface area (Å²) in [5, 5.41) is 14.1. The van der Waals surface area contributed by atoms with Crippen molar-refractivity contribution in [2.24, 2.45) is 0 Å². The summed E-state index contributed by atoms with van der Waals surface area (Å²) in [7, 11) is 0. The molecule has 0 aliphatic carbocycles. The van der Waals surface area contributed by atoms with Crippen LogP contribution >= 0.6 is 0 Å². The molecule has 0 saturated heterocycles. The van der Waals surface area contributed by atoms with Gasteiger partial charge in [0.05, 0.1) is 5.56 Å². The van der Waals surface area contributed by atoms with Crippen LogP contribution in [0, 0.1) is 0 Å². The molecule has 2 rings (SSSR count). The van der Waals surface area contributed by atoms with Crippen LogP contribution in [0.25, 0.3) is 10.8 Å². The lowest BCUT2D eigenvalue weighted by molar-refractivity contribution is 0.0699. The van der Waals surface area contributed by atoms with Gasteiger partial charge in [0.1, 0.15) is 0 Å². The molecule has 0 saturated carbocycles. The summed E-state index contributed by atoms with van der Waals surface area (Å²) in [6.45, 7) is 4.47. The number of fused-ring (bicyclic) bond motifs is 1. The summed E-state index contributed by atoms with van der Waals surface area (Å²) in [5.41, 5.74) is 1.29. The molecule has 0 radical (unpaired) electrons. The zero-order valence-corrected chi connectivity index (χ0v) is 10.0. The molecular weight excluding hydrogens is 226 g/mol. The van der Waals surface area contributed by atoms with Gasteiger partial charge in [0.2, 0.25) is 0 Å². The summed E-state index contributed by atoms with van der Waals surface area (Å²) < 4.78 is 0. The molecule has 2 aromatic carbocycles. The highest BCUT2D eigenvalue weighted by atomic mass is 16.4. The summed E-state index contributed by atoms with van der Waals surface area (Å²) in [5.74, 6) is -0.899. The minimum absolute atomic E-state index is 0.333. The average Bonchev–Trinajstić information content (AvgIpc) is 2.38. The Labute approximate surface area is 106 Å². The maximum absolute atomic E-state index is 11.2. The first-order valence-electron chi connectivity index (χ1n) is 5.84. The minimum atomic E-state index is -0.899. The molecule has 0 unspecified atom stereocenters. The Kier molecular flexibility index (Phi) is 3.63. The van der Waals surface area contributed by atoms with Crippen LogP contribution in [0.5, 0.6) is 0 Å². The molecule has 2 aromatic rings. The number of hydrogen-bond donors (Lipinski definition) is 2. The van der Waals surface area contributed by atoms with E-state index in [1.54, 1.807) is 6.07 Å². The van der Waals surface area contributed by atoms with Crippen molar-refractivity contribution < 1.29 is 9.90 Å². The fraction of sp³-hybridized carbons (Fsp3) is 0.133. The Morgan fingerprint density at radius 2 is 1.94 bits per heavy atom. The van der Waals surface area contributed by atoms with E-state index in [-0.39, 0.29) is 0 Å². The third-order valence-electron chi connectivity index (χ3n) is 2.82. The van der Waals surface area contributed by atoms with E-state index >= 15 is 0 Å². The number of nitrogens with one attached hydrogen (secondary N) is 1. The van der Waals surface area contributed by atoms with Crippen molar-refractivity contribution in [1.82, 2.24) is 0 Å². The lowest BCUT2D eigenvalue weighted by Gasteiger charge is -2.10. The largest absolute Gasteiger partial charge is 0.478 e. The smallest absolute Gasteiger partial charge is 0.336 e. The van der Waals surface area contributed by atoms with E-state index in [0.29, 0.717) is 5.56 Å². The Morgan fingerprint density at radius 3 is 2.61 bits per heavy atom. The summed E-state index contributed by atoms with van der Waals surface area (Å²) in [6, 6.07) is 11.0. The topological polar surface area (TPSA) is 49.3 Å². The van der Waals surface area contributed by atoms with Crippen molar-refractivity contribution in [1.29, 1.82) is 0 Å². The van der Waals surface area contributed by atoms with Gasteiger partial charge in [0, 0.05) is 17.6 Å². The highest BCUT2D eigenvalue weighted by Gasteiger charge is 2.10. The van der Waals surface area contributed by atoms with Crippen LogP contribution in [0.3, 0.4) is 0 Å². The number of carboxylic acids is 1. The fourth-order valence-corrected chi connectivity index (χ4v) is 1.95. The molecule has 3 heteroatoms. The van der Waals surface area contributed by atoms with Gasteiger partial charge < -0.3 is 10.4 Å². The molecule has 18 heavy (non-hydrogen) atoms. The summed E-state index contributed by atoms with van der Waals surface area (Å²) in [4.78, 5) is 11.2. The highest BCUT2D eigenvalue weighted by molar-refractivity contribution is 6.07. The van der Waals surface area contributed by atoms with Crippen molar-refractivity contribution in [2.45, 2.75) is 6.42 Å². The molecule has 0 aromatic heterocycles. The number of benzene rings is 2. The van der Waals surface area contributed by atoms with Gasteiger partial charge in [-0.3, -0.25) is 0 Å². The van der Waals surface area contributed by atoms with Crippen molar-refractivity contribution in [3.05, 3.63) is 54.6 Å². The zero-order valence-electron chi connectivity index (χ0n) is 10.0. The predicted molar refractivity (Wildman–Crippen MR) is 74.2 cm³/mol. The third-order valence-corrected chi connectivity index (χ3v) is 2.82. The Balaban J connectivity index is 2.47. The number of carbonyl (C=O) groups is 1. The fourth-order valence-electron chi connectivity index (χ4n) is 1.95. The van der Waals surface area contributed by atoms with Crippen LogP contribution in [0.4, 0.5) is 5.69 Å². The number of carboxylic acid groups (broad SMARTS) is 1. The lowest BCUT2D eigenvalue weighted by atomic mass is 10.0. The lowest BCUT2D eigenvalue weighted by Crippen LogP contribution is -2.03. The second-order valence-electron chi connectivity index (χ2n) is 4.02. The van der Waals surface area contributed by atoms with Gasteiger partial charge >= 0.3 is 5.97 Å². The SMILES string of the molecule is C=CCCNc1ccc(C(=O)O)c2ccccc12. The van der Waals surface area contributed by atoms with E-state index < -0.39 is 5.97 Å². The number of rotatable bonds is 5. The summed E-state index contributed by atoms with van der Waals surface area (Å²) in [6.07, 6.45) is 2.72. The molecule has 0 spiro atoms. The molecule has 92 valence electrons. The molecular formula is C15H15NO2. The number of hydrogen-bond acceptors (Lipinski definition) is 2. The van der Waals surface area contributed by atoms with Crippen LogP contribution in [-0.2, 0) is 0 Å². The van der Waals surface area contributed by atoms with E-state index in [0.717, 1.165) is 29.4 Å². The number of aromatic carboxylic acids is 1. The first kappa shape index (κ1) is 12.2. The van der Waals surface area contributed by atoms with Gasteiger partial charge in [-0.05, 0) is 23.9 Å². The molecule has 0 bridgehead atoms. The predicted octanol–water partition coefficient (Wildman–Crippen LogP) is 3.53. The second kappa shape index (κ2) is 5.36. The standard InChI is InChI=1S/C15H15NO2/c1-2-3-10-16-14-9-8-13(15(17)18)11-6-4-5-7-12(11)14/h2,4-9,16H,1,3,10H2,(H,17,18). The van der Waals surface area contributed by atoms with Gasteiger partial charge in [0.25, 0.3) is 0 Å². The van der Waals surface area contributed by atoms with Crippen molar-refractivity contribution in [3.63, 3.8) is 0 Å². The first-order valence-corrected chi connectivity index (χ1v) is 5.84. The van der Waals surface area contributed by atoms with Crippen LogP contribution < -0.4 is 5.32 Å². The average molecular weight is 241 g/mol. The molecule has 0 atom stereocenters. The van der Waals surface area contributed by atoms with Gasteiger partial charge in [-0.15, -0.1) is 6.58 Å². The van der Waals surface area contributed by atoms with Crippen molar-refractivity contribution in [3.8, 4) is 0 Å². The molecule has 0 fully saturated rings. The molecule has 0 aliphatic rings. The zero-order chi connectivity index (χ0) is 13.0. The van der Waals surface area contributed by atoms with Gasteiger partial charge in [-0.2, -0.15) is 0 Å². The van der Waals surface area contributed by atoms with Crippen LogP contribution in [0.2, 0.25) is 0 Å². The van der Waals surface area contributed by atoms with Gasteiger partial charge in [-0.25, -0.2) is 4.79 Å². The van der Waals surface area contributed by atoms with Gasteiger partial charge in [0.15, 0.2) is 0 Å². The third kappa shape index (κ3) is 2.35.